The second-order valence-electron chi connectivity index (χ2n) is 4.54. The Morgan fingerprint density at radius 2 is 1.79 bits per heavy atom. The second kappa shape index (κ2) is 4.77. The molecule has 1 aliphatic rings. The van der Waals surface area contributed by atoms with Crippen LogP contribution in [-0.4, -0.2) is 51.9 Å². The lowest BCUT2D eigenvalue weighted by molar-refractivity contribution is 0.0737. The van der Waals surface area contributed by atoms with Gasteiger partial charge in [0.05, 0.1) is 16.4 Å². The van der Waals surface area contributed by atoms with E-state index in [-0.39, 0.29) is 16.4 Å². The fraction of sp³-hybridized carbons (Fsp3) is 0.455. The van der Waals surface area contributed by atoms with Gasteiger partial charge in [0.1, 0.15) is 18.0 Å². The summed E-state index contributed by atoms with van der Waals surface area (Å²) in [6, 6.07) is 5.63. The highest BCUT2D eigenvalue weighted by molar-refractivity contribution is 7.91. The van der Waals surface area contributed by atoms with Gasteiger partial charge in [-0.25, -0.2) is 16.8 Å². The summed E-state index contributed by atoms with van der Waals surface area (Å²) in [5.74, 6) is -0.213. The first-order chi connectivity index (χ1) is 8.67. The molecule has 1 aromatic carbocycles. The van der Waals surface area contributed by atoms with Crippen molar-refractivity contribution in [3.63, 3.8) is 0 Å². The molecule has 2 unspecified atom stereocenters. The summed E-state index contributed by atoms with van der Waals surface area (Å²) in [6.45, 7) is 0. The highest BCUT2D eigenvalue weighted by Gasteiger charge is 2.38. The van der Waals surface area contributed by atoms with Crippen LogP contribution >= 0.6 is 0 Å². The van der Waals surface area contributed by atoms with Gasteiger partial charge >= 0.3 is 0 Å². The SMILES string of the molecule is CS(=O)(=O)c1ccc(OC2CS(=O)(=O)CC2O)cc1. The van der Waals surface area contributed by atoms with Gasteiger partial charge < -0.3 is 9.84 Å². The first-order valence-electron chi connectivity index (χ1n) is 5.53. The number of hydrogen-bond acceptors (Lipinski definition) is 6. The highest BCUT2D eigenvalue weighted by Crippen LogP contribution is 2.21. The van der Waals surface area contributed by atoms with Crippen LogP contribution in [0.4, 0.5) is 0 Å². The third-order valence-electron chi connectivity index (χ3n) is 2.81. The minimum Gasteiger partial charge on any atom is -0.487 e. The van der Waals surface area contributed by atoms with Gasteiger partial charge in [0, 0.05) is 6.26 Å². The van der Waals surface area contributed by atoms with Gasteiger partial charge in [0.2, 0.25) is 0 Å². The van der Waals surface area contributed by atoms with Crippen LogP contribution in [0.15, 0.2) is 29.2 Å². The van der Waals surface area contributed by atoms with Gasteiger partial charge in [-0.3, -0.25) is 0 Å². The molecular weight excluding hydrogens is 292 g/mol. The Kier molecular flexibility index (Phi) is 3.59. The zero-order chi connectivity index (χ0) is 14.3. The molecule has 2 atom stereocenters. The first-order valence-corrected chi connectivity index (χ1v) is 9.24. The van der Waals surface area contributed by atoms with Crippen LogP contribution in [0.2, 0.25) is 0 Å². The van der Waals surface area contributed by atoms with Gasteiger partial charge in [0.15, 0.2) is 19.7 Å². The van der Waals surface area contributed by atoms with Crippen molar-refractivity contribution in [2.75, 3.05) is 17.8 Å². The second-order valence-corrected chi connectivity index (χ2v) is 8.71. The Morgan fingerprint density at radius 1 is 1.21 bits per heavy atom. The zero-order valence-electron chi connectivity index (χ0n) is 10.2. The standard InChI is InChI=1S/C11H14O6S2/c1-18(13,14)9-4-2-8(3-5-9)17-11-7-19(15,16)6-10(11)12/h2-5,10-12H,6-7H2,1H3. The van der Waals surface area contributed by atoms with Crippen molar-refractivity contribution in [3.8, 4) is 5.75 Å². The summed E-state index contributed by atoms with van der Waals surface area (Å²) >= 11 is 0. The Bertz CT molecular complexity index is 660. The van der Waals surface area contributed by atoms with E-state index < -0.39 is 31.9 Å². The minimum absolute atomic E-state index is 0.152. The van der Waals surface area contributed by atoms with E-state index in [1.807, 2.05) is 0 Å². The third kappa shape index (κ3) is 3.46. The molecule has 0 amide bonds. The average Bonchev–Trinajstić information content (AvgIpc) is 2.51. The van der Waals surface area contributed by atoms with E-state index in [2.05, 4.69) is 0 Å². The van der Waals surface area contributed by atoms with Gasteiger partial charge in [-0.15, -0.1) is 0 Å². The lowest BCUT2D eigenvalue weighted by Gasteiger charge is -2.15. The molecule has 0 radical (unpaired) electrons. The van der Waals surface area contributed by atoms with E-state index in [4.69, 9.17) is 4.74 Å². The summed E-state index contributed by atoms with van der Waals surface area (Å²) < 4.78 is 50.5. The third-order valence-corrected chi connectivity index (χ3v) is 5.63. The Morgan fingerprint density at radius 3 is 2.21 bits per heavy atom. The van der Waals surface area contributed by atoms with Crippen LogP contribution in [-0.2, 0) is 19.7 Å². The molecule has 0 spiro atoms. The molecule has 1 heterocycles. The van der Waals surface area contributed by atoms with E-state index in [1.54, 1.807) is 0 Å². The van der Waals surface area contributed by atoms with Crippen molar-refractivity contribution in [3.05, 3.63) is 24.3 Å². The van der Waals surface area contributed by atoms with Crippen LogP contribution in [0.1, 0.15) is 0 Å². The van der Waals surface area contributed by atoms with Crippen molar-refractivity contribution in [2.24, 2.45) is 0 Å². The molecule has 0 aliphatic carbocycles. The fourth-order valence-electron chi connectivity index (χ4n) is 1.85. The Hall–Kier alpha value is -1.12. The molecule has 0 saturated carbocycles. The molecule has 19 heavy (non-hydrogen) atoms. The number of aliphatic hydroxyl groups is 1. The number of benzene rings is 1. The first kappa shape index (κ1) is 14.3. The lowest BCUT2D eigenvalue weighted by Crippen LogP contribution is -2.29. The normalized spacial score (nSPS) is 26.2. The number of hydrogen-bond donors (Lipinski definition) is 1. The van der Waals surface area contributed by atoms with Crippen LogP contribution in [0, 0.1) is 0 Å². The fourth-order valence-corrected chi connectivity index (χ4v) is 4.14. The Labute approximate surface area is 111 Å². The molecule has 6 nitrogen and oxygen atoms in total. The van der Waals surface area contributed by atoms with Gasteiger partial charge in [-0.1, -0.05) is 0 Å². The average molecular weight is 306 g/mol. The molecule has 106 valence electrons. The summed E-state index contributed by atoms with van der Waals surface area (Å²) in [5.41, 5.74) is 0. The van der Waals surface area contributed by atoms with Crippen LogP contribution in [0.25, 0.3) is 0 Å². The number of rotatable bonds is 3. The quantitative estimate of drug-likeness (QED) is 0.818. The highest BCUT2D eigenvalue weighted by atomic mass is 32.2. The van der Waals surface area contributed by atoms with Gasteiger partial charge in [0.25, 0.3) is 0 Å². The number of ether oxygens (including phenoxy) is 1. The largest absolute Gasteiger partial charge is 0.487 e. The molecule has 1 N–H and O–H groups in total. The minimum atomic E-state index is -3.28. The molecule has 1 aromatic rings. The Balaban J connectivity index is 2.13. The molecule has 1 fully saturated rings. The monoisotopic (exact) mass is 306 g/mol. The summed E-state index contributed by atoms with van der Waals surface area (Å²) in [5, 5.41) is 9.57. The van der Waals surface area contributed by atoms with E-state index >= 15 is 0 Å². The van der Waals surface area contributed by atoms with E-state index in [9.17, 15) is 21.9 Å². The van der Waals surface area contributed by atoms with Crippen LogP contribution in [0.3, 0.4) is 0 Å². The predicted molar refractivity (Wildman–Crippen MR) is 68.6 cm³/mol. The molecule has 1 saturated heterocycles. The van der Waals surface area contributed by atoms with E-state index in [1.165, 1.54) is 24.3 Å². The summed E-state index contributed by atoms with van der Waals surface area (Å²) in [4.78, 5) is 0.152. The molecule has 0 bridgehead atoms. The molecular formula is C11H14O6S2. The molecule has 8 heteroatoms. The maximum absolute atomic E-state index is 11.3. The van der Waals surface area contributed by atoms with Gasteiger partial charge in [-0.05, 0) is 24.3 Å². The number of sulfone groups is 2. The van der Waals surface area contributed by atoms with Crippen molar-refractivity contribution < 1.29 is 26.7 Å². The van der Waals surface area contributed by atoms with E-state index in [0.29, 0.717) is 5.75 Å². The molecule has 2 rings (SSSR count). The molecule has 1 aliphatic heterocycles. The summed E-state index contributed by atoms with van der Waals surface area (Å²) in [7, 11) is -6.54. The molecule has 0 aromatic heterocycles. The van der Waals surface area contributed by atoms with Crippen molar-refractivity contribution >= 4 is 19.7 Å². The van der Waals surface area contributed by atoms with Crippen LogP contribution in [0.5, 0.6) is 5.75 Å². The summed E-state index contributed by atoms with van der Waals surface area (Å²) in [6.07, 6.45) is -0.774. The van der Waals surface area contributed by atoms with Crippen molar-refractivity contribution in [1.82, 2.24) is 0 Å². The van der Waals surface area contributed by atoms with Crippen LogP contribution < -0.4 is 4.74 Å². The number of aliphatic hydroxyl groups excluding tert-OH is 1. The topological polar surface area (TPSA) is 97.7 Å². The zero-order valence-corrected chi connectivity index (χ0v) is 11.8. The van der Waals surface area contributed by atoms with E-state index in [0.717, 1.165) is 6.26 Å². The predicted octanol–water partition coefficient (Wildman–Crippen LogP) is -0.373. The van der Waals surface area contributed by atoms with Crippen molar-refractivity contribution in [2.45, 2.75) is 17.1 Å². The smallest absolute Gasteiger partial charge is 0.175 e. The maximum Gasteiger partial charge on any atom is 0.175 e. The van der Waals surface area contributed by atoms with Crippen molar-refractivity contribution in [1.29, 1.82) is 0 Å². The van der Waals surface area contributed by atoms with Gasteiger partial charge in [-0.2, -0.15) is 0 Å². The lowest BCUT2D eigenvalue weighted by atomic mass is 10.2. The maximum atomic E-state index is 11.3.